The minimum absolute atomic E-state index is 0.365. The summed E-state index contributed by atoms with van der Waals surface area (Å²) in [6, 6.07) is 3.02. The van der Waals surface area contributed by atoms with Gasteiger partial charge in [0.1, 0.15) is 0 Å². The van der Waals surface area contributed by atoms with Gasteiger partial charge in [0.25, 0.3) is 0 Å². The Morgan fingerprint density at radius 2 is 2.56 bits per heavy atom. The van der Waals surface area contributed by atoms with Gasteiger partial charge in [-0.1, -0.05) is 6.92 Å². The molecule has 1 aromatic heterocycles. The van der Waals surface area contributed by atoms with E-state index in [9.17, 15) is 0 Å². The molecule has 2 heterocycles. The lowest BCUT2D eigenvalue weighted by Crippen LogP contribution is -2.46. The van der Waals surface area contributed by atoms with Crippen LogP contribution in [0.15, 0.2) is 12.3 Å². The molecule has 0 saturated carbocycles. The highest BCUT2D eigenvalue weighted by atomic mass is 15.2. The zero-order valence-corrected chi connectivity index (χ0v) is 10.2. The fourth-order valence-electron chi connectivity index (χ4n) is 2.43. The number of rotatable bonds is 4. The third kappa shape index (κ3) is 2.83. The molecule has 16 heavy (non-hydrogen) atoms. The summed E-state index contributed by atoms with van der Waals surface area (Å²) in [7, 11) is 0. The van der Waals surface area contributed by atoms with Gasteiger partial charge in [-0.2, -0.15) is 5.10 Å². The van der Waals surface area contributed by atoms with Crippen molar-refractivity contribution in [1.29, 1.82) is 0 Å². The Morgan fingerprint density at radius 1 is 1.69 bits per heavy atom. The number of nitrogens with one attached hydrogen (secondary N) is 2. The Morgan fingerprint density at radius 3 is 3.25 bits per heavy atom. The first-order chi connectivity index (χ1) is 7.79. The van der Waals surface area contributed by atoms with Crippen LogP contribution in [0.5, 0.6) is 0 Å². The molecule has 2 N–H and O–H groups in total. The van der Waals surface area contributed by atoms with Crippen LogP contribution >= 0.6 is 0 Å². The van der Waals surface area contributed by atoms with Crippen LogP contribution in [0.25, 0.3) is 0 Å². The SMILES string of the molecule is CCN1CCCC(NC(C)c2ccn[nH]2)C1. The maximum atomic E-state index is 3.99. The van der Waals surface area contributed by atoms with E-state index < -0.39 is 0 Å². The smallest absolute Gasteiger partial charge is 0.0518 e. The van der Waals surface area contributed by atoms with Crippen molar-refractivity contribution in [2.24, 2.45) is 0 Å². The second kappa shape index (κ2) is 5.46. The van der Waals surface area contributed by atoms with E-state index in [0.29, 0.717) is 12.1 Å². The Bertz CT molecular complexity index is 296. The van der Waals surface area contributed by atoms with Gasteiger partial charge in [0, 0.05) is 24.8 Å². The van der Waals surface area contributed by atoms with Crippen molar-refractivity contribution in [3.8, 4) is 0 Å². The molecule has 0 radical (unpaired) electrons. The van der Waals surface area contributed by atoms with Gasteiger partial charge < -0.3 is 10.2 Å². The molecule has 1 saturated heterocycles. The number of piperidine rings is 1. The maximum absolute atomic E-state index is 3.99. The fourth-order valence-corrected chi connectivity index (χ4v) is 2.43. The van der Waals surface area contributed by atoms with Crippen LogP contribution in [-0.2, 0) is 0 Å². The summed E-state index contributed by atoms with van der Waals surface area (Å²) in [5, 5.41) is 10.7. The van der Waals surface area contributed by atoms with Gasteiger partial charge in [-0.3, -0.25) is 5.10 Å². The normalized spacial score (nSPS) is 24.5. The van der Waals surface area contributed by atoms with E-state index in [0.717, 1.165) is 6.54 Å². The minimum Gasteiger partial charge on any atom is -0.305 e. The van der Waals surface area contributed by atoms with Crippen molar-refractivity contribution < 1.29 is 0 Å². The van der Waals surface area contributed by atoms with E-state index in [1.807, 2.05) is 12.3 Å². The van der Waals surface area contributed by atoms with E-state index >= 15 is 0 Å². The van der Waals surface area contributed by atoms with E-state index in [1.54, 1.807) is 0 Å². The minimum atomic E-state index is 0.365. The molecule has 0 bridgehead atoms. The molecule has 4 nitrogen and oxygen atoms in total. The summed E-state index contributed by atoms with van der Waals surface area (Å²) < 4.78 is 0. The molecule has 2 rings (SSSR count). The first kappa shape index (κ1) is 11.6. The molecule has 90 valence electrons. The molecule has 2 atom stereocenters. The van der Waals surface area contributed by atoms with Gasteiger partial charge >= 0.3 is 0 Å². The highest BCUT2D eigenvalue weighted by Gasteiger charge is 2.20. The number of hydrogen-bond donors (Lipinski definition) is 2. The monoisotopic (exact) mass is 222 g/mol. The predicted octanol–water partition coefficient (Wildman–Crippen LogP) is 1.54. The first-order valence-corrected chi connectivity index (χ1v) is 6.27. The lowest BCUT2D eigenvalue weighted by atomic mass is 10.0. The van der Waals surface area contributed by atoms with Crippen LogP contribution in [0.3, 0.4) is 0 Å². The highest BCUT2D eigenvalue weighted by molar-refractivity contribution is 5.03. The van der Waals surface area contributed by atoms with Crippen molar-refractivity contribution in [1.82, 2.24) is 20.4 Å². The number of hydrogen-bond acceptors (Lipinski definition) is 3. The number of aromatic amines is 1. The molecule has 2 unspecified atom stereocenters. The Labute approximate surface area is 97.4 Å². The lowest BCUT2D eigenvalue weighted by molar-refractivity contribution is 0.191. The summed E-state index contributed by atoms with van der Waals surface area (Å²) >= 11 is 0. The Hall–Kier alpha value is -0.870. The van der Waals surface area contributed by atoms with Crippen molar-refractivity contribution >= 4 is 0 Å². The second-order valence-electron chi connectivity index (χ2n) is 4.63. The molecule has 1 aliphatic rings. The van der Waals surface area contributed by atoms with Crippen LogP contribution in [0.4, 0.5) is 0 Å². The predicted molar refractivity (Wildman–Crippen MR) is 65.3 cm³/mol. The molecule has 0 aromatic carbocycles. The van der Waals surface area contributed by atoms with E-state index in [2.05, 4.69) is 34.3 Å². The summed E-state index contributed by atoms with van der Waals surface area (Å²) in [6.07, 6.45) is 4.41. The molecular weight excluding hydrogens is 200 g/mol. The number of H-pyrrole nitrogens is 1. The number of nitrogens with zero attached hydrogens (tertiary/aromatic N) is 2. The van der Waals surface area contributed by atoms with E-state index in [4.69, 9.17) is 0 Å². The molecule has 1 aromatic rings. The zero-order valence-electron chi connectivity index (χ0n) is 10.2. The largest absolute Gasteiger partial charge is 0.305 e. The van der Waals surface area contributed by atoms with Crippen LogP contribution in [-0.4, -0.2) is 40.8 Å². The van der Waals surface area contributed by atoms with E-state index in [1.165, 1.54) is 31.6 Å². The molecular formula is C12H22N4. The van der Waals surface area contributed by atoms with E-state index in [-0.39, 0.29) is 0 Å². The van der Waals surface area contributed by atoms with Crippen molar-refractivity contribution in [2.45, 2.75) is 38.8 Å². The molecule has 0 aliphatic carbocycles. The zero-order chi connectivity index (χ0) is 11.4. The molecule has 1 fully saturated rings. The molecule has 4 heteroatoms. The number of likely N-dealkylation sites (tertiary alicyclic amines) is 1. The highest BCUT2D eigenvalue weighted by Crippen LogP contribution is 2.14. The van der Waals surface area contributed by atoms with Gasteiger partial charge in [-0.05, 0) is 38.9 Å². The number of likely N-dealkylation sites (N-methyl/N-ethyl adjacent to an activating group) is 1. The average molecular weight is 222 g/mol. The second-order valence-corrected chi connectivity index (χ2v) is 4.63. The quantitative estimate of drug-likeness (QED) is 0.812. The van der Waals surface area contributed by atoms with Crippen molar-refractivity contribution in [3.63, 3.8) is 0 Å². The van der Waals surface area contributed by atoms with Crippen LogP contribution < -0.4 is 5.32 Å². The summed E-state index contributed by atoms with van der Waals surface area (Å²) in [5.74, 6) is 0. The van der Waals surface area contributed by atoms with Crippen LogP contribution in [0, 0.1) is 0 Å². The third-order valence-corrected chi connectivity index (χ3v) is 3.43. The van der Waals surface area contributed by atoms with Crippen molar-refractivity contribution in [3.05, 3.63) is 18.0 Å². The summed E-state index contributed by atoms with van der Waals surface area (Å²) in [4.78, 5) is 2.51. The van der Waals surface area contributed by atoms with Gasteiger partial charge in [0.15, 0.2) is 0 Å². The lowest BCUT2D eigenvalue weighted by Gasteiger charge is -2.33. The molecule has 0 amide bonds. The van der Waals surface area contributed by atoms with Crippen LogP contribution in [0.1, 0.15) is 38.4 Å². The average Bonchev–Trinajstić information content (AvgIpc) is 2.83. The summed E-state index contributed by atoms with van der Waals surface area (Å²) in [6.45, 7) is 8.03. The molecule has 0 spiro atoms. The Balaban J connectivity index is 1.84. The fraction of sp³-hybridized carbons (Fsp3) is 0.750. The standard InChI is InChI=1S/C12H22N4/c1-3-16-8-4-5-11(9-16)14-10(2)12-6-7-13-15-12/h6-7,10-11,14H,3-5,8-9H2,1-2H3,(H,13,15). The summed E-state index contributed by atoms with van der Waals surface area (Å²) in [5.41, 5.74) is 1.17. The molecule has 1 aliphatic heterocycles. The topological polar surface area (TPSA) is 44.0 Å². The van der Waals surface area contributed by atoms with Crippen LogP contribution in [0.2, 0.25) is 0 Å². The van der Waals surface area contributed by atoms with Gasteiger partial charge in [-0.15, -0.1) is 0 Å². The Kier molecular flexibility index (Phi) is 3.96. The van der Waals surface area contributed by atoms with Gasteiger partial charge in [-0.25, -0.2) is 0 Å². The number of aromatic nitrogens is 2. The van der Waals surface area contributed by atoms with Gasteiger partial charge in [0.05, 0.1) is 5.69 Å². The first-order valence-electron chi connectivity index (χ1n) is 6.27. The third-order valence-electron chi connectivity index (χ3n) is 3.43. The van der Waals surface area contributed by atoms with Crippen molar-refractivity contribution in [2.75, 3.05) is 19.6 Å². The maximum Gasteiger partial charge on any atom is 0.0518 e. The van der Waals surface area contributed by atoms with Gasteiger partial charge in [0.2, 0.25) is 0 Å².